The van der Waals surface area contributed by atoms with Crippen LogP contribution in [0.3, 0.4) is 0 Å². The van der Waals surface area contributed by atoms with Crippen LogP contribution in [0.2, 0.25) is 0 Å². The maximum absolute atomic E-state index is 13.6. The zero-order valence-corrected chi connectivity index (χ0v) is 23.7. The minimum atomic E-state index is -0.571. The minimum Gasteiger partial charge on any atom is -0.359 e. The van der Waals surface area contributed by atoms with E-state index in [2.05, 4.69) is 43.2 Å². The highest BCUT2D eigenvalue weighted by atomic mass is 32.1. The van der Waals surface area contributed by atoms with Crippen LogP contribution in [0.4, 0.5) is 0 Å². The van der Waals surface area contributed by atoms with Crippen molar-refractivity contribution in [1.82, 2.24) is 15.6 Å². The van der Waals surface area contributed by atoms with Gasteiger partial charge in [-0.05, 0) is 42.4 Å². The number of nitrogens with one attached hydrogen (secondary N) is 2. The van der Waals surface area contributed by atoms with E-state index < -0.39 is 5.92 Å². The first-order valence-corrected chi connectivity index (χ1v) is 14.5. The first-order chi connectivity index (χ1) is 18.2. The van der Waals surface area contributed by atoms with Gasteiger partial charge in [0.15, 0.2) is 5.78 Å². The van der Waals surface area contributed by atoms with Crippen molar-refractivity contribution in [2.45, 2.75) is 90.0 Å². The van der Waals surface area contributed by atoms with Crippen molar-refractivity contribution in [1.29, 1.82) is 5.26 Å². The number of carbonyl (C=O) groups excluding carboxylic acids is 3. The van der Waals surface area contributed by atoms with E-state index in [1.54, 1.807) is 18.4 Å². The molecule has 2 amide bonds. The first kappa shape index (κ1) is 29.5. The van der Waals surface area contributed by atoms with Gasteiger partial charge in [0, 0.05) is 32.4 Å². The molecule has 0 radical (unpaired) electrons. The number of nitrogens with zero attached hydrogens (tertiary/aromatic N) is 2. The van der Waals surface area contributed by atoms with Gasteiger partial charge in [-0.2, -0.15) is 5.26 Å². The number of Topliss-reactive ketones (excluding diaryl/α,β-unsaturated/α-hetero) is 1. The fourth-order valence-corrected chi connectivity index (χ4v) is 6.24. The molecule has 1 aromatic heterocycles. The Balaban J connectivity index is 1.76. The summed E-state index contributed by atoms with van der Waals surface area (Å²) in [6.07, 6.45) is 7.70. The van der Waals surface area contributed by atoms with Gasteiger partial charge in [0.1, 0.15) is 6.07 Å². The molecule has 0 bridgehead atoms. The van der Waals surface area contributed by atoms with Crippen LogP contribution in [-0.2, 0) is 20.8 Å². The number of amides is 2. The fourth-order valence-electron chi connectivity index (χ4n) is 5.14. The molecule has 0 spiro atoms. The van der Waals surface area contributed by atoms with E-state index in [-0.39, 0.29) is 42.1 Å². The Morgan fingerprint density at radius 3 is 2.61 bits per heavy atom. The number of hydrogen-bond donors (Lipinski definition) is 2. The normalized spacial score (nSPS) is 15.6. The van der Waals surface area contributed by atoms with Crippen molar-refractivity contribution in [2.75, 3.05) is 7.05 Å². The van der Waals surface area contributed by atoms with Crippen molar-refractivity contribution in [3.05, 3.63) is 40.9 Å². The first-order valence-electron chi connectivity index (χ1n) is 13.7. The van der Waals surface area contributed by atoms with Crippen molar-refractivity contribution >= 4 is 39.2 Å². The minimum absolute atomic E-state index is 0.0540. The number of fused-ring (bicyclic) bond motifs is 1. The van der Waals surface area contributed by atoms with E-state index in [1.165, 1.54) is 24.8 Å². The van der Waals surface area contributed by atoms with Gasteiger partial charge >= 0.3 is 0 Å². The van der Waals surface area contributed by atoms with E-state index in [1.807, 2.05) is 12.1 Å². The van der Waals surface area contributed by atoms with Gasteiger partial charge in [0.2, 0.25) is 11.8 Å². The summed E-state index contributed by atoms with van der Waals surface area (Å²) in [5, 5.41) is 15.7. The van der Waals surface area contributed by atoms with E-state index in [9.17, 15) is 14.4 Å². The molecule has 8 heteroatoms. The second kappa shape index (κ2) is 14.2. The number of allylic oxidation sites excluding steroid dienone is 1. The molecule has 2 N–H and O–H groups in total. The molecule has 1 saturated carbocycles. The van der Waals surface area contributed by atoms with Crippen LogP contribution in [0.15, 0.2) is 30.4 Å². The van der Waals surface area contributed by atoms with Gasteiger partial charge in [-0.3, -0.25) is 14.4 Å². The number of ketones is 1. The van der Waals surface area contributed by atoms with E-state index in [4.69, 9.17) is 10.2 Å². The van der Waals surface area contributed by atoms with Gasteiger partial charge in [-0.1, -0.05) is 58.6 Å². The van der Waals surface area contributed by atoms with Gasteiger partial charge in [0.05, 0.1) is 26.7 Å². The number of carbonyl (C=O) groups is 3. The summed E-state index contributed by atoms with van der Waals surface area (Å²) in [5.74, 6) is -0.331. The average molecular weight is 537 g/mol. The quantitative estimate of drug-likeness (QED) is 0.256. The Bertz CT molecular complexity index is 1190. The van der Waals surface area contributed by atoms with Crippen molar-refractivity contribution in [3.8, 4) is 6.07 Å². The zero-order chi connectivity index (χ0) is 27.7. The molecule has 1 aliphatic rings. The summed E-state index contributed by atoms with van der Waals surface area (Å²) in [6.45, 7) is 7.84. The number of hydrogen-bond acceptors (Lipinski definition) is 6. The lowest BCUT2D eigenvalue weighted by Gasteiger charge is -2.28. The molecule has 1 fully saturated rings. The number of thiazole rings is 1. The fraction of sp³-hybridized carbons (Fsp3) is 0.567. The lowest BCUT2D eigenvalue weighted by molar-refractivity contribution is -0.130. The molecule has 38 heavy (non-hydrogen) atoms. The van der Waals surface area contributed by atoms with Crippen LogP contribution in [0.1, 0.15) is 88.1 Å². The summed E-state index contributed by atoms with van der Waals surface area (Å²) in [6, 6.07) is 7.89. The van der Waals surface area contributed by atoms with E-state index in [0.29, 0.717) is 24.7 Å². The SMILES string of the molecule is C=C(C#N)C(=O)CC[C@H](CC1CCCCC1)NC(=O)[C@@H](CC(=O)NC)Cc1nc2ccc(C(C)C)cc2s1. The third-order valence-electron chi connectivity index (χ3n) is 7.51. The molecule has 0 unspecified atom stereocenters. The topological polar surface area (TPSA) is 112 Å². The average Bonchev–Trinajstić information content (AvgIpc) is 3.32. The van der Waals surface area contributed by atoms with Crippen molar-refractivity contribution < 1.29 is 14.4 Å². The summed E-state index contributed by atoms with van der Waals surface area (Å²) >= 11 is 1.57. The lowest BCUT2D eigenvalue weighted by Crippen LogP contribution is -2.42. The molecule has 7 nitrogen and oxygen atoms in total. The highest BCUT2D eigenvalue weighted by Crippen LogP contribution is 2.30. The van der Waals surface area contributed by atoms with Crippen LogP contribution in [0.25, 0.3) is 10.2 Å². The summed E-state index contributed by atoms with van der Waals surface area (Å²) in [7, 11) is 1.57. The zero-order valence-electron chi connectivity index (χ0n) is 22.8. The Kier molecular flexibility index (Phi) is 11.0. The van der Waals surface area contributed by atoms with Gasteiger partial charge in [0.25, 0.3) is 0 Å². The Morgan fingerprint density at radius 1 is 1.21 bits per heavy atom. The highest BCUT2D eigenvalue weighted by molar-refractivity contribution is 7.18. The van der Waals surface area contributed by atoms with Crippen molar-refractivity contribution in [2.24, 2.45) is 11.8 Å². The maximum atomic E-state index is 13.6. The smallest absolute Gasteiger partial charge is 0.224 e. The second-order valence-electron chi connectivity index (χ2n) is 10.8. The highest BCUT2D eigenvalue weighted by Gasteiger charge is 2.28. The molecule has 0 aliphatic heterocycles. The Morgan fingerprint density at radius 2 is 1.95 bits per heavy atom. The molecular weight excluding hydrogens is 496 g/mol. The van der Waals surface area contributed by atoms with Gasteiger partial charge in [-0.25, -0.2) is 4.98 Å². The predicted octanol–water partition coefficient (Wildman–Crippen LogP) is 5.60. The summed E-state index contributed by atoms with van der Waals surface area (Å²) in [5.41, 5.74) is 2.09. The number of benzene rings is 1. The third-order valence-corrected chi connectivity index (χ3v) is 8.55. The number of nitriles is 1. The Hall–Kier alpha value is -3.05. The van der Waals surface area contributed by atoms with Crippen LogP contribution in [0.5, 0.6) is 0 Å². The molecule has 2 atom stereocenters. The molecular formula is C30H40N4O3S. The second-order valence-corrected chi connectivity index (χ2v) is 11.9. The van der Waals surface area contributed by atoms with Gasteiger partial charge < -0.3 is 10.6 Å². The molecule has 204 valence electrons. The third kappa shape index (κ3) is 8.49. The predicted molar refractivity (Wildman–Crippen MR) is 152 cm³/mol. The molecule has 3 rings (SSSR count). The maximum Gasteiger partial charge on any atom is 0.224 e. The van der Waals surface area contributed by atoms with Crippen molar-refractivity contribution in [3.63, 3.8) is 0 Å². The standard InChI is InChI=1S/C30H40N4O3S/c1-19(2)22-10-12-25-27(15-22)38-29(34-25)17-23(16-28(36)32-4)30(37)33-24(11-13-26(35)20(3)18-31)14-21-8-6-5-7-9-21/h10,12,15,19,21,23-24H,3,5-9,11,13-14,16-17H2,1-2,4H3,(H,32,36)(H,33,37)/t23-,24+/m0/s1. The van der Waals surface area contributed by atoms with E-state index >= 15 is 0 Å². The number of aromatic nitrogens is 1. The molecule has 1 aromatic carbocycles. The summed E-state index contributed by atoms with van der Waals surface area (Å²) < 4.78 is 1.08. The molecule has 2 aromatic rings. The Labute approximate surface area is 230 Å². The number of rotatable bonds is 13. The van der Waals surface area contributed by atoms with Crippen LogP contribution >= 0.6 is 11.3 Å². The van der Waals surface area contributed by atoms with Crippen LogP contribution in [0, 0.1) is 23.2 Å². The van der Waals surface area contributed by atoms with Crippen LogP contribution < -0.4 is 10.6 Å². The molecule has 1 heterocycles. The summed E-state index contributed by atoms with van der Waals surface area (Å²) in [4.78, 5) is 42.9. The largest absolute Gasteiger partial charge is 0.359 e. The molecule has 1 aliphatic carbocycles. The van der Waals surface area contributed by atoms with Crippen LogP contribution in [-0.4, -0.2) is 35.7 Å². The monoisotopic (exact) mass is 536 g/mol. The van der Waals surface area contributed by atoms with Gasteiger partial charge in [-0.15, -0.1) is 11.3 Å². The van der Waals surface area contributed by atoms with E-state index in [0.717, 1.165) is 34.5 Å². The lowest BCUT2D eigenvalue weighted by atomic mass is 9.83. The molecule has 0 saturated heterocycles.